The third-order valence-electron chi connectivity index (χ3n) is 3.77. The molecule has 2 rings (SSSR count). The second-order valence-corrected chi connectivity index (χ2v) is 6.47. The Balaban J connectivity index is 2.24. The summed E-state index contributed by atoms with van der Waals surface area (Å²) >= 11 is 5.89. The number of hydrogen-bond donors (Lipinski definition) is 2. The Morgan fingerprint density at radius 2 is 1.80 bits per heavy atom. The molecule has 0 radical (unpaired) electrons. The zero-order chi connectivity index (χ0) is 18.6. The highest BCUT2D eigenvalue weighted by Gasteiger charge is 2.15. The molecule has 0 fully saturated rings. The Labute approximate surface area is 151 Å². The number of benzene rings is 2. The number of aromatic hydroxyl groups is 1. The molecule has 2 N–H and O–H groups in total. The van der Waals surface area contributed by atoms with Gasteiger partial charge >= 0.3 is 5.97 Å². The van der Waals surface area contributed by atoms with Crippen LogP contribution in [-0.4, -0.2) is 22.0 Å². The van der Waals surface area contributed by atoms with Gasteiger partial charge in [-0.15, -0.1) is 0 Å². The monoisotopic (exact) mass is 358 g/mol. The first-order chi connectivity index (χ1) is 11.8. The minimum Gasteiger partial charge on any atom is -0.506 e. The molecule has 0 heterocycles. The van der Waals surface area contributed by atoms with E-state index in [4.69, 9.17) is 16.7 Å². The molecular formula is C20H19ClO4. The van der Waals surface area contributed by atoms with E-state index in [0.717, 1.165) is 5.56 Å². The highest BCUT2D eigenvalue weighted by molar-refractivity contribution is 6.33. The van der Waals surface area contributed by atoms with Gasteiger partial charge < -0.3 is 10.2 Å². The van der Waals surface area contributed by atoms with Crippen LogP contribution >= 0.6 is 11.6 Å². The van der Waals surface area contributed by atoms with Gasteiger partial charge in [-0.25, -0.2) is 0 Å². The number of hydrogen-bond acceptors (Lipinski definition) is 3. The van der Waals surface area contributed by atoms with Crippen LogP contribution in [0.25, 0.3) is 6.08 Å². The van der Waals surface area contributed by atoms with E-state index in [1.807, 2.05) is 24.3 Å². The first kappa shape index (κ1) is 18.7. The molecule has 2 aromatic carbocycles. The highest BCUT2D eigenvalue weighted by Crippen LogP contribution is 2.30. The molecule has 0 aliphatic carbocycles. The van der Waals surface area contributed by atoms with E-state index in [-0.39, 0.29) is 22.8 Å². The topological polar surface area (TPSA) is 74.6 Å². The number of allylic oxidation sites excluding steroid dienone is 1. The van der Waals surface area contributed by atoms with Crippen molar-refractivity contribution in [2.45, 2.75) is 26.2 Å². The van der Waals surface area contributed by atoms with E-state index < -0.39 is 11.8 Å². The molecule has 0 saturated heterocycles. The third-order valence-corrected chi connectivity index (χ3v) is 4.06. The molecule has 0 aliphatic rings. The summed E-state index contributed by atoms with van der Waals surface area (Å²) in [6, 6.07) is 10.5. The summed E-state index contributed by atoms with van der Waals surface area (Å²) in [5, 5.41) is 18.8. The molecule has 130 valence electrons. The molecule has 0 saturated carbocycles. The minimum absolute atomic E-state index is 0.0150. The SMILES string of the molecule is CC(C)c1ccc(/C=C/C(=O)c2cc(CC(=O)O)cc(Cl)c2O)cc1. The fourth-order valence-corrected chi connectivity index (χ4v) is 2.62. The minimum atomic E-state index is -1.04. The number of aliphatic carboxylic acids is 1. The van der Waals surface area contributed by atoms with Crippen LogP contribution in [-0.2, 0) is 11.2 Å². The average molecular weight is 359 g/mol. The summed E-state index contributed by atoms with van der Waals surface area (Å²) in [6.45, 7) is 4.20. The molecule has 25 heavy (non-hydrogen) atoms. The maximum Gasteiger partial charge on any atom is 0.307 e. The van der Waals surface area contributed by atoms with Gasteiger partial charge in [-0.1, -0.05) is 55.8 Å². The van der Waals surface area contributed by atoms with Gasteiger partial charge in [-0.3, -0.25) is 9.59 Å². The quantitative estimate of drug-likeness (QED) is 0.580. The van der Waals surface area contributed by atoms with Crippen molar-refractivity contribution >= 4 is 29.4 Å². The second-order valence-electron chi connectivity index (χ2n) is 6.06. The van der Waals surface area contributed by atoms with Gasteiger partial charge in [0.05, 0.1) is 17.0 Å². The number of phenols is 1. The Hall–Kier alpha value is -2.59. The van der Waals surface area contributed by atoms with Crippen LogP contribution in [0.4, 0.5) is 0 Å². The van der Waals surface area contributed by atoms with E-state index in [1.54, 1.807) is 6.08 Å². The van der Waals surface area contributed by atoms with Crippen LogP contribution in [0.1, 0.15) is 46.8 Å². The van der Waals surface area contributed by atoms with Crippen molar-refractivity contribution in [1.29, 1.82) is 0 Å². The summed E-state index contributed by atoms with van der Waals surface area (Å²) in [4.78, 5) is 23.2. The number of carbonyl (C=O) groups is 2. The Kier molecular flexibility index (Phi) is 5.99. The van der Waals surface area contributed by atoms with Gasteiger partial charge in [-0.05, 0) is 40.8 Å². The van der Waals surface area contributed by atoms with Crippen LogP contribution < -0.4 is 0 Å². The zero-order valence-electron chi connectivity index (χ0n) is 14.0. The standard InChI is InChI=1S/C20H19ClO4/c1-12(2)15-6-3-13(4-7-15)5-8-18(22)16-9-14(11-19(23)24)10-17(21)20(16)25/h3-10,12,25H,11H2,1-2H3,(H,23,24)/b8-5+. The van der Waals surface area contributed by atoms with E-state index in [1.165, 1.54) is 23.8 Å². The van der Waals surface area contributed by atoms with Crippen molar-refractivity contribution in [2.75, 3.05) is 0 Å². The predicted molar refractivity (Wildman–Crippen MR) is 98.4 cm³/mol. The first-order valence-corrected chi connectivity index (χ1v) is 8.21. The largest absolute Gasteiger partial charge is 0.506 e. The average Bonchev–Trinajstić information content (AvgIpc) is 2.55. The zero-order valence-corrected chi connectivity index (χ0v) is 14.7. The number of rotatable bonds is 6. The van der Waals surface area contributed by atoms with Crippen LogP contribution in [0.5, 0.6) is 5.75 Å². The fourth-order valence-electron chi connectivity index (χ4n) is 2.37. The van der Waals surface area contributed by atoms with Crippen molar-refractivity contribution in [3.63, 3.8) is 0 Å². The lowest BCUT2D eigenvalue weighted by molar-refractivity contribution is -0.136. The number of phenolic OH excluding ortho intramolecular Hbond substituents is 1. The summed E-state index contributed by atoms with van der Waals surface area (Å²) < 4.78 is 0. The van der Waals surface area contributed by atoms with Gasteiger partial charge in [0.25, 0.3) is 0 Å². The van der Waals surface area contributed by atoms with E-state index >= 15 is 0 Å². The van der Waals surface area contributed by atoms with E-state index in [0.29, 0.717) is 11.5 Å². The fraction of sp³-hybridized carbons (Fsp3) is 0.200. The number of carboxylic acids is 1. The highest BCUT2D eigenvalue weighted by atomic mass is 35.5. The van der Waals surface area contributed by atoms with Crippen molar-refractivity contribution < 1.29 is 19.8 Å². The normalized spacial score (nSPS) is 11.2. The Morgan fingerprint density at radius 3 is 2.36 bits per heavy atom. The Morgan fingerprint density at radius 1 is 1.16 bits per heavy atom. The lowest BCUT2D eigenvalue weighted by Crippen LogP contribution is -2.03. The summed E-state index contributed by atoms with van der Waals surface area (Å²) in [6.07, 6.45) is 2.70. The third kappa shape index (κ3) is 4.94. The summed E-state index contributed by atoms with van der Waals surface area (Å²) in [7, 11) is 0. The van der Waals surface area contributed by atoms with Gasteiger partial charge in [0.2, 0.25) is 0 Å². The molecule has 0 aliphatic heterocycles. The molecular weight excluding hydrogens is 340 g/mol. The summed E-state index contributed by atoms with van der Waals surface area (Å²) in [5.74, 6) is -1.41. The molecule has 2 aromatic rings. The summed E-state index contributed by atoms with van der Waals surface area (Å²) in [5.41, 5.74) is 2.39. The first-order valence-electron chi connectivity index (χ1n) is 7.83. The molecule has 0 atom stereocenters. The van der Waals surface area contributed by atoms with Crippen molar-refractivity contribution in [1.82, 2.24) is 0 Å². The lowest BCUT2D eigenvalue weighted by atomic mass is 10.0. The van der Waals surface area contributed by atoms with E-state index in [2.05, 4.69) is 13.8 Å². The van der Waals surface area contributed by atoms with Crippen LogP contribution in [0.15, 0.2) is 42.5 Å². The predicted octanol–water partition coefficient (Wildman–Crippen LogP) is 4.69. The second kappa shape index (κ2) is 7.99. The van der Waals surface area contributed by atoms with Gasteiger partial charge in [0, 0.05) is 0 Å². The maximum atomic E-state index is 12.4. The van der Waals surface area contributed by atoms with Crippen molar-refractivity contribution in [3.05, 3.63) is 69.8 Å². The number of carbonyl (C=O) groups excluding carboxylic acids is 1. The molecule has 0 spiro atoms. The van der Waals surface area contributed by atoms with Crippen molar-refractivity contribution in [3.8, 4) is 5.75 Å². The smallest absolute Gasteiger partial charge is 0.307 e. The number of carboxylic acid groups (broad SMARTS) is 1. The molecule has 5 heteroatoms. The Bertz CT molecular complexity index is 820. The van der Waals surface area contributed by atoms with Gasteiger partial charge in [0.15, 0.2) is 5.78 Å². The molecule has 0 unspecified atom stereocenters. The molecule has 0 aromatic heterocycles. The van der Waals surface area contributed by atoms with Crippen LogP contribution in [0.2, 0.25) is 5.02 Å². The van der Waals surface area contributed by atoms with Crippen LogP contribution in [0, 0.1) is 0 Å². The van der Waals surface area contributed by atoms with Crippen LogP contribution in [0.3, 0.4) is 0 Å². The van der Waals surface area contributed by atoms with Gasteiger partial charge in [-0.2, -0.15) is 0 Å². The molecule has 0 bridgehead atoms. The van der Waals surface area contributed by atoms with Gasteiger partial charge in [0.1, 0.15) is 5.75 Å². The van der Waals surface area contributed by atoms with E-state index in [9.17, 15) is 14.7 Å². The van der Waals surface area contributed by atoms with Crippen molar-refractivity contribution in [2.24, 2.45) is 0 Å². The maximum absolute atomic E-state index is 12.4. The molecule has 4 nitrogen and oxygen atoms in total. The molecule has 0 amide bonds. The number of halogens is 1. The lowest BCUT2D eigenvalue weighted by Gasteiger charge is -2.07. The number of ketones is 1.